The number of hydrogen-bond acceptors (Lipinski definition) is 5. The van der Waals surface area contributed by atoms with Gasteiger partial charge in [-0.2, -0.15) is 5.26 Å². The van der Waals surface area contributed by atoms with Crippen molar-refractivity contribution < 1.29 is 9.59 Å². The van der Waals surface area contributed by atoms with E-state index in [1.54, 1.807) is 29.2 Å². The fraction of sp³-hybridized carbons (Fsp3) is 0.519. The standard InChI is InChI=1S/C27H29N5O2/c28-14-17-2-1-3-21(9-17)26(34)32-5-4-22-23(15-32)29-16-30-25(22)31-24(33)13-27-10-18-6-19(11-27)8-20(7-18)12-27/h1-3,9,16,18-20H,4-8,10-13,15H2,(H,29,30,31,33). The summed E-state index contributed by atoms with van der Waals surface area (Å²) < 4.78 is 0. The van der Waals surface area contributed by atoms with Crippen molar-refractivity contribution >= 4 is 17.6 Å². The molecular weight excluding hydrogens is 426 g/mol. The number of rotatable bonds is 4. The van der Waals surface area contributed by atoms with E-state index in [1.807, 2.05) is 0 Å². The van der Waals surface area contributed by atoms with Crippen molar-refractivity contribution in [2.45, 2.75) is 57.9 Å². The van der Waals surface area contributed by atoms with Gasteiger partial charge in [0.25, 0.3) is 5.91 Å². The molecule has 0 atom stereocenters. The SMILES string of the molecule is N#Cc1cccc(C(=O)N2CCc3c(ncnc3NC(=O)CC34CC5CC(CC(C5)C3)C4)C2)c1. The molecular formula is C27H29N5O2. The Labute approximate surface area is 199 Å². The lowest BCUT2D eigenvalue weighted by Gasteiger charge is -2.56. The highest BCUT2D eigenvalue weighted by atomic mass is 16.2. The molecule has 174 valence electrons. The molecule has 0 radical (unpaired) electrons. The largest absolute Gasteiger partial charge is 0.332 e. The number of carbonyl (C=O) groups is 2. The minimum absolute atomic E-state index is 0.0645. The topological polar surface area (TPSA) is 99.0 Å². The van der Waals surface area contributed by atoms with E-state index in [2.05, 4.69) is 21.4 Å². The Morgan fingerprint density at radius 3 is 2.56 bits per heavy atom. The summed E-state index contributed by atoms with van der Waals surface area (Å²) in [5, 5.41) is 12.2. The van der Waals surface area contributed by atoms with E-state index in [-0.39, 0.29) is 17.2 Å². The molecule has 34 heavy (non-hydrogen) atoms. The first-order chi connectivity index (χ1) is 16.5. The molecule has 7 rings (SSSR count). The molecule has 7 heteroatoms. The number of nitrogens with zero attached hydrogens (tertiary/aromatic N) is 4. The van der Waals surface area contributed by atoms with Crippen molar-refractivity contribution in [1.82, 2.24) is 14.9 Å². The van der Waals surface area contributed by atoms with Gasteiger partial charge in [-0.3, -0.25) is 9.59 Å². The van der Waals surface area contributed by atoms with Crippen LogP contribution in [0, 0.1) is 34.5 Å². The Bertz CT molecular complexity index is 1160. The van der Waals surface area contributed by atoms with E-state index < -0.39 is 0 Å². The highest BCUT2D eigenvalue weighted by Crippen LogP contribution is 2.61. The second-order valence-electron chi connectivity index (χ2n) is 11.0. The number of anilines is 1. The van der Waals surface area contributed by atoms with Crippen LogP contribution in [0.4, 0.5) is 5.82 Å². The average molecular weight is 456 g/mol. The highest BCUT2D eigenvalue weighted by molar-refractivity contribution is 5.95. The molecule has 2 aromatic rings. The molecule has 1 aromatic carbocycles. The summed E-state index contributed by atoms with van der Waals surface area (Å²) in [5.74, 6) is 3.01. The first-order valence-electron chi connectivity index (χ1n) is 12.4. The van der Waals surface area contributed by atoms with E-state index >= 15 is 0 Å². The van der Waals surface area contributed by atoms with Gasteiger partial charge in [0, 0.05) is 24.1 Å². The fourth-order valence-electron chi connectivity index (χ4n) is 7.56. The van der Waals surface area contributed by atoms with Crippen molar-refractivity contribution in [3.05, 3.63) is 53.0 Å². The second-order valence-corrected chi connectivity index (χ2v) is 11.0. The zero-order valence-corrected chi connectivity index (χ0v) is 19.3. The van der Waals surface area contributed by atoms with Gasteiger partial charge in [-0.1, -0.05) is 6.07 Å². The third-order valence-electron chi connectivity index (χ3n) is 8.49. The van der Waals surface area contributed by atoms with Crippen molar-refractivity contribution in [3.8, 4) is 6.07 Å². The van der Waals surface area contributed by atoms with E-state index in [4.69, 9.17) is 5.26 Å². The first-order valence-corrected chi connectivity index (χ1v) is 12.4. The maximum atomic E-state index is 13.1. The highest BCUT2D eigenvalue weighted by Gasteiger charge is 2.51. The van der Waals surface area contributed by atoms with Crippen LogP contribution in [0.1, 0.15) is 72.1 Å². The zero-order chi connectivity index (χ0) is 23.3. The molecule has 7 nitrogen and oxygen atoms in total. The Balaban J connectivity index is 1.15. The molecule has 1 aromatic heterocycles. The minimum atomic E-state index is -0.117. The van der Waals surface area contributed by atoms with Gasteiger partial charge in [-0.25, -0.2) is 9.97 Å². The summed E-state index contributed by atoms with van der Waals surface area (Å²) in [6.45, 7) is 0.888. The van der Waals surface area contributed by atoms with Crippen LogP contribution in [0.5, 0.6) is 0 Å². The van der Waals surface area contributed by atoms with Gasteiger partial charge >= 0.3 is 0 Å². The van der Waals surface area contributed by atoms with Crippen LogP contribution in [0.3, 0.4) is 0 Å². The lowest BCUT2D eigenvalue weighted by atomic mass is 9.49. The predicted molar refractivity (Wildman–Crippen MR) is 125 cm³/mol. The number of nitrogens with one attached hydrogen (secondary N) is 1. The molecule has 1 N–H and O–H groups in total. The number of benzene rings is 1. The van der Waals surface area contributed by atoms with Crippen LogP contribution in [-0.4, -0.2) is 33.2 Å². The van der Waals surface area contributed by atoms with Crippen molar-refractivity contribution in [2.24, 2.45) is 23.2 Å². The zero-order valence-electron chi connectivity index (χ0n) is 19.3. The number of nitriles is 1. The fourth-order valence-corrected chi connectivity index (χ4v) is 7.56. The van der Waals surface area contributed by atoms with Gasteiger partial charge in [-0.05, 0) is 86.3 Å². The minimum Gasteiger partial charge on any atom is -0.332 e. The Morgan fingerprint density at radius 2 is 1.85 bits per heavy atom. The van der Waals surface area contributed by atoms with Crippen LogP contribution in [-0.2, 0) is 17.8 Å². The molecule has 4 saturated carbocycles. The maximum absolute atomic E-state index is 13.1. The Hall–Kier alpha value is -3.27. The average Bonchev–Trinajstić information content (AvgIpc) is 2.82. The quantitative estimate of drug-likeness (QED) is 0.749. The van der Waals surface area contributed by atoms with E-state index in [0.717, 1.165) is 29.0 Å². The molecule has 5 aliphatic rings. The molecule has 4 aliphatic carbocycles. The normalized spacial score (nSPS) is 28.8. The monoisotopic (exact) mass is 455 g/mol. The van der Waals surface area contributed by atoms with Gasteiger partial charge in [0.1, 0.15) is 12.1 Å². The van der Waals surface area contributed by atoms with Crippen molar-refractivity contribution in [3.63, 3.8) is 0 Å². The summed E-state index contributed by atoms with van der Waals surface area (Å²) in [6, 6.07) is 8.85. The van der Waals surface area contributed by atoms with E-state index in [9.17, 15) is 9.59 Å². The Kier molecular flexibility index (Phi) is 5.13. The molecule has 4 bridgehead atoms. The van der Waals surface area contributed by atoms with Crippen LogP contribution in [0.15, 0.2) is 30.6 Å². The van der Waals surface area contributed by atoms with Crippen molar-refractivity contribution in [1.29, 1.82) is 5.26 Å². The van der Waals surface area contributed by atoms with Crippen LogP contribution < -0.4 is 5.32 Å². The van der Waals surface area contributed by atoms with Crippen molar-refractivity contribution in [2.75, 3.05) is 11.9 Å². The molecule has 2 amide bonds. The number of carbonyl (C=O) groups excluding carboxylic acids is 2. The van der Waals surface area contributed by atoms with Gasteiger partial charge < -0.3 is 10.2 Å². The number of fused-ring (bicyclic) bond motifs is 1. The Morgan fingerprint density at radius 1 is 1.12 bits per heavy atom. The molecule has 0 spiro atoms. The molecule has 0 saturated heterocycles. The van der Waals surface area contributed by atoms with Gasteiger partial charge in [0.2, 0.25) is 5.91 Å². The third-order valence-corrected chi connectivity index (χ3v) is 8.49. The molecule has 4 fully saturated rings. The number of aromatic nitrogens is 2. The van der Waals surface area contributed by atoms with Gasteiger partial charge in [0.15, 0.2) is 0 Å². The first kappa shape index (κ1) is 21.3. The van der Waals surface area contributed by atoms with E-state index in [1.165, 1.54) is 44.9 Å². The summed E-state index contributed by atoms with van der Waals surface area (Å²) in [4.78, 5) is 36.7. The van der Waals surface area contributed by atoms with Crippen LogP contribution >= 0.6 is 0 Å². The van der Waals surface area contributed by atoms with Crippen LogP contribution in [0.25, 0.3) is 0 Å². The molecule has 0 unspecified atom stereocenters. The number of hydrogen-bond donors (Lipinski definition) is 1. The second kappa shape index (κ2) is 8.19. The lowest BCUT2D eigenvalue weighted by Crippen LogP contribution is -2.47. The third kappa shape index (κ3) is 3.85. The van der Waals surface area contributed by atoms with Gasteiger partial charge in [0.05, 0.1) is 23.9 Å². The summed E-state index contributed by atoms with van der Waals surface area (Å²) in [7, 11) is 0. The molecule has 1 aliphatic heterocycles. The predicted octanol–water partition coefficient (Wildman–Crippen LogP) is 4.09. The maximum Gasteiger partial charge on any atom is 0.254 e. The van der Waals surface area contributed by atoms with E-state index in [0.29, 0.717) is 42.9 Å². The number of amides is 2. The van der Waals surface area contributed by atoms with Gasteiger partial charge in [-0.15, -0.1) is 0 Å². The smallest absolute Gasteiger partial charge is 0.254 e. The summed E-state index contributed by atoms with van der Waals surface area (Å²) >= 11 is 0. The summed E-state index contributed by atoms with van der Waals surface area (Å²) in [5.41, 5.74) is 2.86. The molecule has 2 heterocycles. The summed E-state index contributed by atoms with van der Waals surface area (Å²) in [6.07, 6.45) is 10.4. The lowest BCUT2D eigenvalue weighted by molar-refractivity contribution is -0.124. The van der Waals surface area contributed by atoms with Crippen LogP contribution in [0.2, 0.25) is 0 Å².